The normalized spacial score (nSPS) is 10.3. The van der Waals surface area contributed by atoms with Crippen LogP contribution in [0.5, 0.6) is 0 Å². The van der Waals surface area contributed by atoms with Crippen molar-refractivity contribution in [1.82, 2.24) is 0 Å². The summed E-state index contributed by atoms with van der Waals surface area (Å²) in [5, 5.41) is 3.79. The van der Waals surface area contributed by atoms with Gasteiger partial charge < -0.3 is 10.1 Å². The van der Waals surface area contributed by atoms with Crippen LogP contribution in [0.25, 0.3) is 0 Å². The second-order valence-corrected chi connectivity index (χ2v) is 5.40. The Morgan fingerprint density at radius 3 is 2.67 bits per heavy atom. The van der Waals surface area contributed by atoms with Gasteiger partial charge in [0, 0.05) is 17.3 Å². The van der Waals surface area contributed by atoms with Crippen LogP contribution in [0, 0.1) is 13.8 Å². The van der Waals surface area contributed by atoms with Gasteiger partial charge in [0.15, 0.2) is 0 Å². The molecule has 0 unspecified atom stereocenters. The molecular weight excluding hydrogens is 286 g/mol. The molecule has 0 aliphatic carbocycles. The van der Waals surface area contributed by atoms with Gasteiger partial charge in [0.2, 0.25) is 0 Å². The van der Waals surface area contributed by atoms with Gasteiger partial charge in [-0.15, -0.1) is 0 Å². The number of carbonyl (C=O) groups is 1. The number of methoxy groups -OCH3 is 1. The molecule has 1 N–H and O–H groups in total. The van der Waals surface area contributed by atoms with Crippen molar-refractivity contribution in [2.24, 2.45) is 0 Å². The van der Waals surface area contributed by atoms with E-state index in [1.54, 1.807) is 18.2 Å². The van der Waals surface area contributed by atoms with E-state index in [0.29, 0.717) is 22.8 Å². The smallest absolute Gasteiger partial charge is 0.340 e. The third kappa shape index (κ3) is 3.76. The molecule has 0 aliphatic rings. The van der Waals surface area contributed by atoms with E-state index >= 15 is 0 Å². The Kier molecular flexibility index (Phi) is 4.86. The van der Waals surface area contributed by atoms with E-state index in [4.69, 9.17) is 16.3 Å². The highest BCUT2D eigenvalue weighted by Crippen LogP contribution is 2.23. The van der Waals surface area contributed by atoms with Crippen LogP contribution in [0.15, 0.2) is 36.4 Å². The average Bonchev–Trinajstić information content (AvgIpc) is 2.48. The minimum atomic E-state index is -0.402. The molecule has 0 atom stereocenters. The highest BCUT2D eigenvalue weighted by Gasteiger charge is 2.12. The summed E-state index contributed by atoms with van der Waals surface area (Å²) in [7, 11) is 1.36. The zero-order valence-electron chi connectivity index (χ0n) is 12.4. The monoisotopic (exact) mass is 303 g/mol. The van der Waals surface area contributed by atoms with Crippen LogP contribution in [-0.2, 0) is 11.3 Å². The number of hydrogen-bond donors (Lipinski definition) is 1. The van der Waals surface area contributed by atoms with E-state index in [-0.39, 0.29) is 0 Å². The maximum Gasteiger partial charge on any atom is 0.340 e. The zero-order chi connectivity index (χ0) is 15.4. The second-order valence-electron chi connectivity index (χ2n) is 4.96. The van der Waals surface area contributed by atoms with E-state index in [1.807, 2.05) is 0 Å². The standard InChI is InChI=1S/C17H18ClNO2/c1-11-4-5-12(2)13(8-11)10-19-16-7-6-14(18)9-15(16)17(20)21-3/h4-9,19H,10H2,1-3H3. The fraction of sp³-hybridized carbons (Fsp3) is 0.235. The van der Waals surface area contributed by atoms with Gasteiger partial charge in [-0.25, -0.2) is 4.79 Å². The van der Waals surface area contributed by atoms with Crippen molar-refractivity contribution in [3.05, 3.63) is 63.7 Å². The third-order valence-corrected chi connectivity index (χ3v) is 3.60. The predicted octanol–water partition coefficient (Wildman–Crippen LogP) is 4.36. The number of aryl methyl sites for hydroxylation is 2. The van der Waals surface area contributed by atoms with Crippen LogP contribution in [0.1, 0.15) is 27.0 Å². The first kappa shape index (κ1) is 15.4. The van der Waals surface area contributed by atoms with E-state index in [0.717, 1.165) is 0 Å². The Morgan fingerprint density at radius 1 is 1.19 bits per heavy atom. The molecule has 0 fully saturated rings. The average molecular weight is 304 g/mol. The minimum absolute atomic E-state index is 0.402. The molecule has 0 saturated carbocycles. The molecule has 0 radical (unpaired) electrons. The SMILES string of the molecule is COC(=O)c1cc(Cl)ccc1NCc1cc(C)ccc1C. The van der Waals surface area contributed by atoms with Gasteiger partial charge in [0.1, 0.15) is 0 Å². The molecule has 0 saturated heterocycles. The molecule has 3 nitrogen and oxygen atoms in total. The van der Waals surface area contributed by atoms with Crippen LogP contribution < -0.4 is 5.32 Å². The number of benzene rings is 2. The first-order valence-electron chi connectivity index (χ1n) is 6.69. The predicted molar refractivity (Wildman–Crippen MR) is 86.0 cm³/mol. The van der Waals surface area contributed by atoms with E-state index in [9.17, 15) is 4.79 Å². The van der Waals surface area contributed by atoms with E-state index in [2.05, 4.69) is 37.4 Å². The molecule has 4 heteroatoms. The summed E-state index contributed by atoms with van der Waals surface area (Å²) >= 11 is 5.95. The molecule has 0 heterocycles. The molecule has 0 spiro atoms. The van der Waals surface area contributed by atoms with Crippen molar-refractivity contribution in [3.63, 3.8) is 0 Å². The van der Waals surface area contributed by atoms with Crippen LogP contribution in [0.2, 0.25) is 5.02 Å². The van der Waals surface area contributed by atoms with Crippen molar-refractivity contribution in [1.29, 1.82) is 0 Å². The van der Waals surface area contributed by atoms with Gasteiger partial charge in [-0.3, -0.25) is 0 Å². The highest BCUT2D eigenvalue weighted by molar-refractivity contribution is 6.31. The van der Waals surface area contributed by atoms with Gasteiger partial charge in [0.25, 0.3) is 0 Å². The largest absolute Gasteiger partial charge is 0.465 e. The molecule has 0 aromatic heterocycles. The Hall–Kier alpha value is -2.00. The summed E-state index contributed by atoms with van der Waals surface area (Å²) < 4.78 is 4.79. The number of halogens is 1. The quantitative estimate of drug-likeness (QED) is 0.853. The van der Waals surface area contributed by atoms with Crippen molar-refractivity contribution in [3.8, 4) is 0 Å². The molecular formula is C17H18ClNO2. The van der Waals surface area contributed by atoms with E-state index in [1.165, 1.54) is 23.8 Å². The molecule has 0 amide bonds. The Balaban J connectivity index is 2.24. The molecule has 110 valence electrons. The van der Waals surface area contributed by atoms with Crippen LogP contribution in [0.4, 0.5) is 5.69 Å². The summed E-state index contributed by atoms with van der Waals surface area (Å²) in [5.41, 5.74) is 4.77. The summed E-state index contributed by atoms with van der Waals surface area (Å²) in [6.45, 7) is 4.77. The van der Waals surface area contributed by atoms with Crippen molar-refractivity contribution in [2.45, 2.75) is 20.4 Å². The number of ether oxygens (including phenoxy) is 1. The first-order valence-corrected chi connectivity index (χ1v) is 7.07. The summed E-state index contributed by atoms with van der Waals surface area (Å²) in [6.07, 6.45) is 0. The van der Waals surface area contributed by atoms with Crippen molar-refractivity contribution < 1.29 is 9.53 Å². The highest BCUT2D eigenvalue weighted by atomic mass is 35.5. The number of carbonyl (C=O) groups excluding carboxylic acids is 1. The van der Waals surface area contributed by atoms with Gasteiger partial charge in [-0.05, 0) is 43.2 Å². The van der Waals surface area contributed by atoms with Crippen LogP contribution in [-0.4, -0.2) is 13.1 Å². The fourth-order valence-corrected chi connectivity index (χ4v) is 2.30. The molecule has 0 bridgehead atoms. The van der Waals surface area contributed by atoms with Crippen molar-refractivity contribution in [2.75, 3.05) is 12.4 Å². The molecule has 2 aromatic rings. The maximum absolute atomic E-state index is 11.8. The molecule has 2 aromatic carbocycles. The lowest BCUT2D eigenvalue weighted by Crippen LogP contribution is -2.09. The molecule has 21 heavy (non-hydrogen) atoms. The summed E-state index contributed by atoms with van der Waals surface area (Å²) in [6, 6.07) is 11.5. The molecule has 2 rings (SSSR count). The Morgan fingerprint density at radius 2 is 1.95 bits per heavy atom. The lowest BCUT2D eigenvalue weighted by atomic mass is 10.1. The van der Waals surface area contributed by atoms with Gasteiger partial charge >= 0.3 is 5.97 Å². The number of esters is 1. The molecule has 0 aliphatic heterocycles. The second kappa shape index (κ2) is 6.64. The summed E-state index contributed by atoms with van der Waals surface area (Å²) in [5.74, 6) is -0.402. The van der Waals surface area contributed by atoms with Gasteiger partial charge in [0.05, 0.1) is 12.7 Å². The fourth-order valence-electron chi connectivity index (χ4n) is 2.13. The summed E-state index contributed by atoms with van der Waals surface area (Å²) in [4.78, 5) is 11.8. The number of rotatable bonds is 4. The van der Waals surface area contributed by atoms with Gasteiger partial charge in [-0.1, -0.05) is 35.4 Å². The minimum Gasteiger partial charge on any atom is -0.465 e. The first-order chi connectivity index (χ1) is 10.0. The van der Waals surface area contributed by atoms with Crippen LogP contribution >= 0.6 is 11.6 Å². The Bertz CT molecular complexity index is 668. The number of hydrogen-bond acceptors (Lipinski definition) is 3. The zero-order valence-corrected chi connectivity index (χ0v) is 13.1. The Labute approximate surface area is 129 Å². The van der Waals surface area contributed by atoms with E-state index < -0.39 is 5.97 Å². The lowest BCUT2D eigenvalue weighted by molar-refractivity contribution is 0.0602. The topological polar surface area (TPSA) is 38.3 Å². The maximum atomic E-state index is 11.8. The number of anilines is 1. The number of nitrogens with one attached hydrogen (secondary N) is 1. The lowest BCUT2D eigenvalue weighted by Gasteiger charge is -2.13. The van der Waals surface area contributed by atoms with Crippen molar-refractivity contribution >= 4 is 23.3 Å². The third-order valence-electron chi connectivity index (χ3n) is 3.36. The van der Waals surface area contributed by atoms with Gasteiger partial charge in [-0.2, -0.15) is 0 Å². The van der Waals surface area contributed by atoms with Crippen LogP contribution in [0.3, 0.4) is 0 Å².